The van der Waals surface area contributed by atoms with Crippen molar-refractivity contribution in [2.75, 3.05) is 26.9 Å². The molecule has 0 atom stereocenters. The molecule has 182 valence electrons. The standard InChI is InChI=1S/C29H32N2O4/c1-20(2)23-10-9-21(3)27(19-23)35-18-17-34-16-15-31-28(22-11-13-24(33-4)14-12-22)30-26-8-6-5-7-25(26)29(31)32/h5-14,19-20H,15-18H2,1-4H3. The van der Waals surface area contributed by atoms with Gasteiger partial charge in [0.15, 0.2) is 0 Å². The third-order valence-electron chi connectivity index (χ3n) is 6.03. The van der Waals surface area contributed by atoms with E-state index in [-0.39, 0.29) is 5.56 Å². The van der Waals surface area contributed by atoms with Crippen molar-refractivity contribution in [1.82, 2.24) is 9.55 Å². The Morgan fingerprint density at radius 2 is 1.71 bits per heavy atom. The molecule has 0 bridgehead atoms. The number of methoxy groups -OCH3 is 1. The number of nitrogens with zero attached hydrogens (tertiary/aromatic N) is 2. The second-order valence-corrected chi connectivity index (χ2v) is 8.78. The van der Waals surface area contributed by atoms with Crippen molar-refractivity contribution >= 4 is 10.9 Å². The molecule has 4 rings (SSSR count). The van der Waals surface area contributed by atoms with Gasteiger partial charge in [-0.25, -0.2) is 4.98 Å². The average Bonchev–Trinajstić information content (AvgIpc) is 2.88. The van der Waals surface area contributed by atoms with E-state index in [0.29, 0.717) is 49.0 Å². The molecule has 0 aliphatic carbocycles. The first-order valence-corrected chi connectivity index (χ1v) is 11.9. The Labute approximate surface area is 206 Å². The number of aryl methyl sites for hydroxylation is 1. The predicted molar refractivity (Wildman–Crippen MR) is 140 cm³/mol. The van der Waals surface area contributed by atoms with Crippen LogP contribution in [-0.4, -0.2) is 36.5 Å². The summed E-state index contributed by atoms with van der Waals surface area (Å²) in [6.07, 6.45) is 0. The van der Waals surface area contributed by atoms with Crippen molar-refractivity contribution in [3.8, 4) is 22.9 Å². The Bertz CT molecular complexity index is 1340. The van der Waals surface area contributed by atoms with Crippen LogP contribution in [0.2, 0.25) is 0 Å². The van der Waals surface area contributed by atoms with E-state index in [4.69, 9.17) is 19.2 Å². The van der Waals surface area contributed by atoms with E-state index < -0.39 is 0 Å². The minimum atomic E-state index is -0.0811. The first-order valence-electron chi connectivity index (χ1n) is 11.9. The molecule has 0 fully saturated rings. The minimum Gasteiger partial charge on any atom is -0.497 e. The number of hydrogen-bond donors (Lipinski definition) is 0. The number of aromatic nitrogens is 2. The summed E-state index contributed by atoms with van der Waals surface area (Å²) in [5.74, 6) is 2.69. The Morgan fingerprint density at radius 3 is 2.46 bits per heavy atom. The van der Waals surface area contributed by atoms with Crippen LogP contribution < -0.4 is 15.0 Å². The molecule has 0 saturated carbocycles. The molecule has 0 aliphatic rings. The van der Waals surface area contributed by atoms with Crippen molar-refractivity contribution in [3.63, 3.8) is 0 Å². The number of fused-ring (bicyclic) bond motifs is 1. The Kier molecular flexibility index (Phi) is 7.83. The molecule has 0 N–H and O–H groups in total. The van der Waals surface area contributed by atoms with E-state index in [9.17, 15) is 4.79 Å². The summed E-state index contributed by atoms with van der Waals surface area (Å²) in [5, 5.41) is 0.591. The zero-order valence-electron chi connectivity index (χ0n) is 20.8. The topological polar surface area (TPSA) is 62.6 Å². The largest absolute Gasteiger partial charge is 0.497 e. The lowest BCUT2D eigenvalue weighted by molar-refractivity contribution is 0.0938. The number of benzene rings is 3. The second-order valence-electron chi connectivity index (χ2n) is 8.78. The molecule has 6 nitrogen and oxygen atoms in total. The molecule has 0 unspecified atom stereocenters. The summed E-state index contributed by atoms with van der Waals surface area (Å²) >= 11 is 0. The van der Waals surface area contributed by atoms with Crippen LogP contribution >= 0.6 is 0 Å². The van der Waals surface area contributed by atoms with E-state index in [1.807, 2.05) is 49.4 Å². The number of ether oxygens (including phenoxy) is 3. The smallest absolute Gasteiger partial charge is 0.261 e. The maximum atomic E-state index is 13.3. The van der Waals surface area contributed by atoms with Crippen molar-refractivity contribution in [1.29, 1.82) is 0 Å². The van der Waals surface area contributed by atoms with Gasteiger partial charge in [-0.3, -0.25) is 9.36 Å². The zero-order valence-corrected chi connectivity index (χ0v) is 20.8. The van der Waals surface area contributed by atoms with Crippen LogP contribution in [0, 0.1) is 6.92 Å². The van der Waals surface area contributed by atoms with Crippen molar-refractivity contribution in [2.45, 2.75) is 33.2 Å². The molecule has 0 aliphatic heterocycles. The fourth-order valence-corrected chi connectivity index (χ4v) is 3.94. The molecule has 6 heteroatoms. The molecule has 1 aromatic heterocycles. The molecule has 4 aromatic rings. The highest BCUT2D eigenvalue weighted by atomic mass is 16.5. The highest BCUT2D eigenvalue weighted by molar-refractivity contribution is 5.79. The maximum Gasteiger partial charge on any atom is 0.261 e. The van der Waals surface area contributed by atoms with Gasteiger partial charge >= 0.3 is 0 Å². The van der Waals surface area contributed by atoms with E-state index >= 15 is 0 Å². The average molecular weight is 473 g/mol. The highest BCUT2D eigenvalue weighted by Gasteiger charge is 2.13. The van der Waals surface area contributed by atoms with Crippen LogP contribution in [-0.2, 0) is 11.3 Å². The quantitative estimate of drug-likeness (QED) is 0.281. The summed E-state index contributed by atoms with van der Waals surface area (Å²) in [7, 11) is 1.63. The Hall–Kier alpha value is -3.64. The van der Waals surface area contributed by atoms with Crippen molar-refractivity contribution in [2.24, 2.45) is 0 Å². The highest BCUT2D eigenvalue weighted by Crippen LogP contribution is 2.24. The van der Waals surface area contributed by atoms with Crippen LogP contribution in [0.3, 0.4) is 0 Å². The lowest BCUT2D eigenvalue weighted by Gasteiger charge is -2.15. The number of para-hydroxylation sites is 1. The van der Waals surface area contributed by atoms with E-state index in [2.05, 4.69) is 32.0 Å². The first-order chi connectivity index (χ1) is 17.0. The van der Waals surface area contributed by atoms with Crippen LogP contribution in [0.5, 0.6) is 11.5 Å². The van der Waals surface area contributed by atoms with E-state index in [1.165, 1.54) is 5.56 Å². The Morgan fingerprint density at radius 1 is 0.943 bits per heavy atom. The summed E-state index contributed by atoms with van der Waals surface area (Å²) in [5.41, 5.74) is 3.79. The molecule has 0 radical (unpaired) electrons. The van der Waals surface area contributed by atoms with Crippen LogP contribution in [0.1, 0.15) is 30.9 Å². The van der Waals surface area contributed by atoms with Gasteiger partial charge in [-0.2, -0.15) is 0 Å². The second kappa shape index (κ2) is 11.2. The molecular formula is C29H32N2O4. The lowest BCUT2D eigenvalue weighted by atomic mass is 10.0. The van der Waals surface area contributed by atoms with Gasteiger partial charge in [-0.1, -0.05) is 38.1 Å². The molecule has 35 heavy (non-hydrogen) atoms. The summed E-state index contributed by atoms with van der Waals surface area (Å²) in [6.45, 7) is 8.01. The SMILES string of the molecule is COc1ccc(-c2nc3ccccc3c(=O)n2CCOCCOc2cc(C(C)C)ccc2C)cc1. The summed E-state index contributed by atoms with van der Waals surface area (Å²) in [4.78, 5) is 18.1. The van der Waals surface area contributed by atoms with Gasteiger partial charge < -0.3 is 14.2 Å². The van der Waals surface area contributed by atoms with Crippen LogP contribution in [0.25, 0.3) is 22.3 Å². The minimum absolute atomic E-state index is 0.0811. The Balaban J connectivity index is 1.44. The van der Waals surface area contributed by atoms with Crippen molar-refractivity contribution in [3.05, 3.63) is 88.2 Å². The lowest BCUT2D eigenvalue weighted by Crippen LogP contribution is -2.26. The van der Waals surface area contributed by atoms with E-state index in [1.54, 1.807) is 17.7 Å². The monoisotopic (exact) mass is 472 g/mol. The number of rotatable bonds is 10. The maximum absolute atomic E-state index is 13.3. The molecule has 1 heterocycles. The fourth-order valence-electron chi connectivity index (χ4n) is 3.94. The third kappa shape index (κ3) is 5.72. The van der Waals surface area contributed by atoms with Crippen molar-refractivity contribution < 1.29 is 14.2 Å². The molecular weight excluding hydrogens is 440 g/mol. The first kappa shape index (κ1) is 24.5. The molecule has 3 aromatic carbocycles. The molecule has 0 spiro atoms. The van der Waals surface area contributed by atoms with Gasteiger partial charge in [-0.15, -0.1) is 0 Å². The summed E-state index contributed by atoms with van der Waals surface area (Å²) < 4.78 is 18.7. The van der Waals surface area contributed by atoms with E-state index in [0.717, 1.165) is 22.6 Å². The van der Waals surface area contributed by atoms with Gasteiger partial charge in [-0.05, 0) is 66.4 Å². The van der Waals surface area contributed by atoms with Gasteiger partial charge in [0.2, 0.25) is 0 Å². The fraction of sp³-hybridized carbons (Fsp3) is 0.310. The predicted octanol–water partition coefficient (Wildman–Crippen LogP) is 5.60. The van der Waals surface area contributed by atoms with Gasteiger partial charge in [0.1, 0.15) is 23.9 Å². The normalized spacial score (nSPS) is 11.2. The van der Waals surface area contributed by atoms with Gasteiger partial charge in [0, 0.05) is 5.56 Å². The van der Waals surface area contributed by atoms with Gasteiger partial charge in [0.25, 0.3) is 5.56 Å². The zero-order chi connectivity index (χ0) is 24.8. The summed E-state index contributed by atoms with van der Waals surface area (Å²) in [6, 6.07) is 21.3. The van der Waals surface area contributed by atoms with Gasteiger partial charge in [0.05, 0.1) is 37.8 Å². The molecule has 0 saturated heterocycles. The molecule has 0 amide bonds. The number of hydrogen-bond acceptors (Lipinski definition) is 5. The third-order valence-corrected chi connectivity index (χ3v) is 6.03. The van der Waals surface area contributed by atoms with Crippen LogP contribution in [0.4, 0.5) is 0 Å². The van der Waals surface area contributed by atoms with Crippen LogP contribution in [0.15, 0.2) is 71.5 Å².